The first-order chi connectivity index (χ1) is 5.74. The summed E-state index contributed by atoms with van der Waals surface area (Å²) in [6.07, 6.45) is 4.20. The third kappa shape index (κ3) is 7.21. The molecule has 0 aromatic rings. The molecule has 1 aliphatic heterocycles. The zero-order chi connectivity index (χ0) is 9.40. The first-order valence-corrected chi connectivity index (χ1v) is 3.65. The van der Waals surface area contributed by atoms with Crippen LogP contribution in [0.4, 0.5) is 0 Å². The van der Waals surface area contributed by atoms with Crippen molar-refractivity contribution in [3.8, 4) is 12.1 Å². The Balaban J connectivity index is 0. The molecule has 0 aromatic heterocycles. The molecule has 0 radical (unpaired) electrons. The molecule has 13 heavy (non-hydrogen) atoms. The van der Waals surface area contributed by atoms with E-state index in [4.69, 9.17) is 10.5 Å². The fourth-order valence-corrected chi connectivity index (χ4v) is 0.794. The average Bonchev–Trinajstić information content (AvgIpc) is 2.52. The van der Waals surface area contributed by atoms with E-state index in [1.54, 1.807) is 0 Å². The van der Waals surface area contributed by atoms with E-state index in [-0.39, 0.29) is 17.1 Å². The Morgan fingerprint density at radius 1 is 1.31 bits per heavy atom. The molecule has 0 aromatic carbocycles. The molecule has 0 aliphatic carbocycles. The van der Waals surface area contributed by atoms with Crippen molar-refractivity contribution in [1.29, 1.82) is 10.5 Å². The monoisotopic (exact) mass is 246 g/mol. The van der Waals surface area contributed by atoms with Crippen LogP contribution in [0.15, 0.2) is 12.4 Å². The van der Waals surface area contributed by atoms with Crippen LogP contribution in [0.3, 0.4) is 0 Å². The Labute approximate surface area is 89.5 Å². The van der Waals surface area contributed by atoms with Crippen LogP contribution in [0.5, 0.6) is 0 Å². The molecule has 0 bridgehead atoms. The number of hydrogen-bond donors (Lipinski definition) is 0. The van der Waals surface area contributed by atoms with E-state index in [2.05, 4.69) is 36.2 Å². The van der Waals surface area contributed by atoms with Gasteiger partial charge in [0.2, 0.25) is 0 Å². The Bertz CT molecular complexity index is 213. The van der Waals surface area contributed by atoms with E-state index in [9.17, 15) is 0 Å². The van der Waals surface area contributed by atoms with Crippen molar-refractivity contribution < 1.29 is 0 Å². The summed E-state index contributed by atoms with van der Waals surface area (Å²) in [5, 5.41) is 14.5. The average molecular weight is 245 g/mol. The van der Waals surface area contributed by atoms with Crippen LogP contribution in [0.25, 0.3) is 0 Å². The zero-order valence-electron chi connectivity index (χ0n) is 7.86. The summed E-state index contributed by atoms with van der Waals surface area (Å²) in [5.41, 5.74) is 0. The van der Waals surface area contributed by atoms with Gasteiger partial charge in [-0.1, -0.05) is 0 Å². The Kier molecular flexibility index (Phi) is 9.87. The molecule has 0 amide bonds. The summed E-state index contributed by atoms with van der Waals surface area (Å²) in [4.78, 5) is 4.41. The van der Waals surface area contributed by atoms with Gasteiger partial charge in [0, 0.05) is 26.0 Å². The first-order valence-electron chi connectivity index (χ1n) is 3.65. The van der Waals surface area contributed by atoms with E-state index < -0.39 is 0 Å². The molecule has 5 heteroatoms. The van der Waals surface area contributed by atoms with Gasteiger partial charge in [0.15, 0.2) is 12.1 Å². The van der Waals surface area contributed by atoms with Crippen LogP contribution in [0, 0.1) is 22.7 Å². The van der Waals surface area contributed by atoms with E-state index in [1.807, 2.05) is 0 Å². The predicted octanol–water partition coefficient (Wildman–Crippen LogP) is -0.200. The van der Waals surface area contributed by atoms with Crippen LogP contribution in [0.2, 0.25) is 0 Å². The SMILES string of the molecule is CCN1C=CN(C)C1.N#CC#N.[SeH2]. The minimum absolute atomic E-state index is 0. The van der Waals surface area contributed by atoms with Gasteiger partial charge in [0.25, 0.3) is 0 Å². The van der Waals surface area contributed by atoms with E-state index in [0.717, 1.165) is 13.2 Å². The van der Waals surface area contributed by atoms with Crippen molar-refractivity contribution in [3.63, 3.8) is 0 Å². The molecule has 1 aliphatic rings. The molecule has 0 saturated carbocycles. The van der Waals surface area contributed by atoms with Crippen molar-refractivity contribution in [2.45, 2.75) is 6.92 Å². The zero-order valence-corrected chi connectivity index (χ0v) is 9.96. The van der Waals surface area contributed by atoms with E-state index in [1.165, 1.54) is 12.1 Å². The van der Waals surface area contributed by atoms with E-state index >= 15 is 0 Å². The third-order valence-corrected chi connectivity index (χ3v) is 1.39. The molecule has 0 atom stereocenters. The summed E-state index contributed by atoms with van der Waals surface area (Å²) in [7, 11) is 2.08. The molecule has 1 heterocycles. The van der Waals surface area contributed by atoms with Crippen molar-refractivity contribution in [2.24, 2.45) is 0 Å². The number of hydrogen-bond acceptors (Lipinski definition) is 4. The second kappa shape index (κ2) is 8.93. The van der Waals surface area contributed by atoms with Gasteiger partial charge in [0.1, 0.15) is 0 Å². The van der Waals surface area contributed by atoms with Gasteiger partial charge in [-0.15, -0.1) is 0 Å². The maximum absolute atomic E-state index is 7.26. The molecule has 1 rings (SSSR count). The summed E-state index contributed by atoms with van der Waals surface area (Å²) < 4.78 is 0. The molecule has 0 saturated heterocycles. The molecule has 72 valence electrons. The molecular formula is C8H14N4Se. The summed E-state index contributed by atoms with van der Waals surface area (Å²) in [5.74, 6) is 0. The van der Waals surface area contributed by atoms with Gasteiger partial charge in [-0.25, -0.2) is 0 Å². The second-order valence-corrected chi connectivity index (χ2v) is 2.33. The van der Waals surface area contributed by atoms with Crippen LogP contribution in [-0.4, -0.2) is 47.1 Å². The van der Waals surface area contributed by atoms with Crippen molar-refractivity contribution >= 4 is 17.1 Å². The number of nitrogens with zero attached hydrogens (tertiary/aromatic N) is 4. The van der Waals surface area contributed by atoms with Gasteiger partial charge in [-0.3, -0.25) is 0 Å². The van der Waals surface area contributed by atoms with Gasteiger partial charge in [0.05, 0.1) is 6.67 Å². The predicted molar refractivity (Wildman–Crippen MR) is 53.9 cm³/mol. The molecule has 0 unspecified atom stereocenters. The topological polar surface area (TPSA) is 54.1 Å². The normalized spacial score (nSPS) is 12.0. The minimum atomic E-state index is 0. The quantitative estimate of drug-likeness (QED) is 0.600. The van der Waals surface area contributed by atoms with Crippen LogP contribution >= 0.6 is 0 Å². The van der Waals surface area contributed by atoms with Crippen LogP contribution in [-0.2, 0) is 0 Å². The summed E-state index contributed by atoms with van der Waals surface area (Å²) >= 11 is 0. The molecule has 0 fully saturated rings. The number of nitriles is 2. The summed E-state index contributed by atoms with van der Waals surface area (Å²) in [6, 6.07) is 2.47. The van der Waals surface area contributed by atoms with Crippen molar-refractivity contribution in [3.05, 3.63) is 12.4 Å². The Morgan fingerprint density at radius 2 is 1.85 bits per heavy atom. The standard InChI is InChI=1S/C6H12N2.C2N2.H2Se/c1-3-8-5-4-7(2)6-8;3-1-2-4;/h4-5H,3,6H2,1-2H3;;1H2. The maximum atomic E-state index is 7.26. The van der Waals surface area contributed by atoms with Crippen molar-refractivity contribution in [2.75, 3.05) is 20.3 Å². The van der Waals surface area contributed by atoms with Gasteiger partial charge >= 0.3 is 17.1 Å². The Hall–Kier alpha value is -1.16. The van der Waals surface area contributed by atoms with Gasteiger partial charge < -0.3 is 9.80 Å². The van der Waals surface area contributed by atoms with Crippen molar-refractivity contribution in [1.82, 2.24) is 9.80 Å². The molecular weight excluding hydrogens is 231 g/mol. The molecule has 4 nitrogen and oxygen atoms in total. The number of rotatable bonds is 1. The van der Waals surface area contributed by atoms with Crippen LogP contribution in [0.1, 0.15) is 6.92 Å². The molecule has 0 N–H and O–H groups in total. The fourth-order valence-electron chi connectivity index (χ4n) is 0.794. The van der Waals surface area contributed by atoms with Gasteiger partial charge in [-0.05, 0) is 6.92 Å². The Morgan fingerprint density at radius 3 is 2.00 bits per heavy atom. The van der Waals surface area contributed by atoms with E-state index in [0.29, 0.717) is 0 Å². The third-order valence-electron chi connectivity index (χ3n) is 1.39. The fraction of sp³-hybridized carbons (Fsp3) is 0.500. The van der Waals surface area contributed by atoms with Gasteiger partial charge in [-0.2, -0.15) is 10.5 Å². The second-order valence-electron chi connectivity index (χ2n) is 2.33. The summed E-state index contributed by atoms with van der Waals surface area (Å²) in [6.45, 7) is 4.32. The molecule has 0 spiro atoms. The first kappa shape index (κ1) is 14.4. The van der Waals surface area contributed by atoms with Crippen LogP contribution < -0.4 is 0 Å².